The predicted octanol–water partition coefficient (Wildman–Crippen LogP) is 3.22. The predicted molar refractivity (Wildman–Crippen MR) is 108 cm³/mol. The summed E-state index contributed by atoms with van der Waals surface area (Å²) in [5.74, 6) is -5.96. The standard InChI is InChI=1S/C18H25F3N4O2.C2HF3O2/c1-27-17-11(10-23-16(26)14-3-2-8-22-14)9-13(19)15(25-17)24-12-4-6-18(20,21)7-5-12;3-2(4,5)1(6)7/h9,12,14,22H,2-8,10H2,1H3,(H,23,26)(H,24,25);(H,6,7). The minimum Gasteiger partial charge on any atom is -0.481 e. The number of aromatic nitrogens is 1. The lowest BCUT2D eigenvalue weighted by molar-refractivity contribution is -0.192. The summed E-state index contributed by atoms with van der Waals surface area (Å²) in [6.45, 7) is 0.908. The number of anilines is 1. The molecule has 8 nitrogen and oxygen atoms in total. The summed E-state index contributed by atoms with van der Waals surface area (Å²) in [7, 11) is 1.41. The first kappa shape index (κ1) is 27.5. The van der Waals surface area contributed by atoms with E-state index in [1.165, 1.54) is 13.2 Å². The molecule has 2 heterocycles. The van der Waals surface area contributed by atoms with E-state index in [1.807, 2.05) is 0 Å². The number of aliphatic carboxylic acids is 1. The molecule has 1 atom stereocenters. The van der Waals surface area contributed by atoms with Gasteiger partial charge in [-0.05, 0) is 38.3 Å². The SMILES string of the molecule is COc1nc(NC2CCC(F)(F)CC2)c(F)cc1CNC(=O)C1CCCN1.O=C(O)C(F)(F)F. The summed E-state index contributed by atoms with van der Waals surface area (Å²) in [6.07, 6.45) is -3.29. The quantitative estimate of drug-likeness (QED) is 0.444. The number of rotatable bonds is 6. The number of nitrogens with one attached hydrogen (secondary N) is 3. The van der Waals surface area contributed by atoms with Gasteiger partial charge in [-0.25, -0.2) is 18.0 Å². The number of carboxylic acids is 1. The van der Waals surface area contributed by atoms with Gasteiger partial charge < -0.3 is 25.8 Å². The average molecular weight is 500 g/mol. The van der Waals surface area contributed by atoms with Gasteiger partial charge >= 0.3 is 12.1 Å². The van der Waals surface area contributed by atoms with Crippen LogP contribution in [0.15, 0.2) is 6.07 Å². The molecule has 1 aromatic heterocycles. The second kappa shape index (κ2) is 11.6. The van der Waals surface area contributed by atoms with Crippen molar-refractivity contribution in [1.29, 1.82) is 0 Å². The van der Waals surface area contributed by atoms with Gasteiger partial charge in [-0.15, -0.1) is 0 Å². The maximum Gasteiger partial charge on any atom is 0.490 e. The zero-order chi connectivity index (χ0) is 25.5. The fourth-order valence-corrected chi connectivity index (χ4v) is 3.51. The summed E-state index contributed by atoms with van der Waals surface area (Å²) in [6, 6.07) is 0.781. The molecule has 2 aliphatic rings. The third-order valence-electron chi connectivity index (χ3n) is 5.34. The van der Waals surface area contributed by atoms with Crippen LogP contribution in [0.1, 0.15) is 44.1 Å². The van der Waals surface area contributed by atoms with E-state index in [0.717, 1.165) is 19.4 Å². The minimum atomic E-state index is -5.08. The first-order chi connectivity index (χ1) is 15.8. The Morgan fingerprint density at radius 1 is 1.26 bits per heavy atom. The summed E-state index contributed by atoms with van der Waals surface area (Å²) < 4.78 is 77.9. The number of alkyl halides is 5. The van der Waals surface area contributed by atoms with Gasteiger partial charge in [0.25, 0.3) is 0 Å². The molecule has 34 heavy (non-hydrogen) atoms. The number of hydrogen-bond acceptors (Lipinski definition) is 6. The Morgan fingerprint density at radius 2 is 1.88 bits per heavy atom. The number of pyridine rings is 1. The van der Waals surface area contributed by atoms with Crippen molar-refractivity contribution in [2.45, 2.75) is 69.3 Å². The number of carbonyl (C=O) groups is 2. The van der Waals surface area contributed by atoms with Crippen molar-refractivity contribution in [3.63, 3.8) is 0 Å². The van der Waals surface area contributed by atoms with E-state index >= 15 is 0 Å². The van der Waals surface area contributed by atoms with Crippen LogP contribution in [0, 0.1) is 5.82 Å². The van der Waals surface area contributed by atoms with E-state index in [0.29, 0.717) is 5.56 Å². The van der Waals surface area contributed by atoms with E-state index in [4.69, 9.17) is 14.6 Å². The van der Waals surface area contributed by atoms with Crippen LogP contribution in [-0.2, 0) is 16.1 Å². The monoisotopic (exact) mass is 500 g/mol. The largest absolute Gasteiger partial charge is 0.490 e. The maximum atomic E-state index is 14.4. The van der Waals surface area contributed by atoms with Crippen molar-refractivity contribution >= 4 is 17.7 Å². The topological polar surface area (TPSA) is 113 Å². The number of ether oxygens (including phenoxy) is 1. The Morgan fingerprint density at radius 3 is 2.38 bits per heavy atom. The molecular weight excluding hydrogens is 474 g/mol. The van der Waals surface area contributed by atoms with Crippen LogP contribution in [0.25, 0.3) is 0 Å². The third kappa shape index (κ3) is 8.22. The van der Waals surface area contributed by atoms with Crippen molar-refractivity contribution in [3.05, 3.63) is 17.4 Å². The first-order valence-electron chi connectivity index (χ1n) is 10.5. The zero-order valence-corrected chi connectivity index (χ0v) is 18.3. The molecule has 0 aromatic carbocycles. The molecule has 1 aliphatic carbocycles. The van der Waals surface area contributed by atoms with Crippen LogP contribution in [-0.4, -0.2) is 59.8 Å². The fourth-order valence-electron chi connectivity index (χ4n) is 3.51. The molecular formula is C20H26F6N4O4. The first-order valence-corrected chi connectivity index (χ1v) is 10.5. The van der Waals surface area contributed by atoms with Crippen molar-refractivity contribution in [1.82, 2.24) is 15.6 Å². The molecule has 1 amide bonds. The van der Waals surface area contributed by atoms with Crippen LogP contribution < -0.4 is 20.7 Å². The normalized spacial score (nSPS) is 20.1. The van der Waals surface area contributed by atoms with E-state index < -0.39 is 23.9 Å². The molecule has 1 saturated heterocycles. The van der Waals surface area contributed by atoms with Gasteiger partial charge in [0.1, 0.15) is 0 Å². The second-order valence-electron chi connectivity index (χ2n) is 7.93. The molecule has 4 N–H and O–H groups in total. The summed E-state index contributed by atoms with van der Waals surface area (Å²) in [5, 5.41) is 15.9. The van der Waals surface area contributed by atoms with Gasteiger partial charge in [-0.2, -0.15) is 18.2 Å². The van der Waals surface area contributed by atoms with E-state index in [2.05, 4.69) is 20.9 Å². The van der Waals surface area contributed by atoms with Crippen LogP contribution in [0.2, 0.25) is 0 Å². The molecule has 1 aliphatic heterocycles. The van der Waals surface area contributed by atoms with E-state index in [-0.39, 0.29) is 61.9 Å². The molecule has 1 unspecified atom stereocenters. The molecule has 1 saturated carbocycles. The number of nitrogens with zero attached hydrogens (tertiary/aromatic N) is 1. The fraction of sp³-hybridized carbons (Fsp3) is 0.650. The molecule has 14 heteroatoms. The second-order valence-corrected chi connectivity index (χ2v) is 7.93. The Kier molecular flexibility index (Phi) is 9.36. The molecule has 0 radical (unpaired) electrons. The molecule has 0 spiro atoms. The van der Waals surface area contributed by atoms with Crippen molar-refractivity contribution in [2.75, 3.05) is 19.0 Å². The molecule has 2 fully saturated rings. The highest BCUT2D eigenvalue weighted by Gasteiger charge is 2.38. The van der Waals surface area contributed by atoms with Gasteiger partial charge in [0.2, 0.25) is 17.7 Å². The van der Waals surface area contributed by atoms with E-state index in [1.54, 1.807) is 0 Å². The van der Waals surface area contributed by atoms with Crippen molar-refractivity contribution < 1.29 is 45.8 Å². The highest BCUT2D eigenvalue weighted by atomic mass is 19.4. The Bertz CT molecular complexity index is 852. The Balaban J connectivity index is 0.000000509. The number of methoxy groups -OCH3 is 1. The molecule has 192 valence electrons. The summed E-state index contributed by atoms with van der Waals surface area (Å²) in [5.41, 5.74) is 0.419. The van der Waals surface area contributed by atoms with Gasteiger partial charge in [-0.3, -0.25) is 4.79 Å². The van der Waals surface area contributed by atoms with Crippen LogP contribution in [0.3, 0.4) is 0 Å². The van der Waals surface area contributed by atoms with Crippen LogP contribution >= 0.6 is 0 Å². The van der Waals surface area contributed by atoms with Gasteiger partial charge in [0, 0.05) is 31.0 Å². The highest BCUT2D eigenvalue weighted by molar-refractivity contribution is 5.82. The molecule has 0 bridgehead atoms. The molecule has 1 aromatic rings. The highest BCUT2D eigenvalue weighted by Crippen LogP contribution is 2.34. The van der Waals surface area contributed by atoms with E-state index in [9.17, 15) is 31.1 Å². The third-order valence-corrected chi connectivity index (χ3v) is 5.34. The lowest BCUT2D eigenvalue weighted by atomic mass is 9.92. The lowest BCUT2D eigenvalue weighted by Gasteiger charge is -2.29. The Labute approximate surface area is 191 Å². The van der Waals surface area contributed by atoms with Gasteiger partial charge in [-0.1, -0.05) is 0 Å². The lowest BCUT2D eigenvalue weighted by Crippen LogP contribution is -2.40. The maximum absolute atomic E-state index is 14.4. The number of halogens is 6. The van der Waals surface area contributed by atoms with Crippen LogP contribution in [0.4, 0.5) is 32.2 Å². The summed E-state index contributed by atoms with van der Waals surface area (Å²) >= 11 is 0. The Hall–Kier alpha value is -2.77. The van der Waals surface area contributed by atoms with Crippen LogP contribution in [0.5, 0.6) is 5.88 Å². The van der Waals surface area contributed by atoms with Crippen molar-refractivity contribution in [2.24, 2.45) is 0 Å². The minimum absolute atomic E-state index is 0.0189. The zero-order valence-electron chi connectivity index (χ0n) is 18.3. The number of amides is 1. The smallest absolute Gasteiger partial charge is 0.481 e. The average Bonchev–Trinajstić information content (AvgIpc) is 3.29. The van der Waals surface area contributed by atoms with Crippen molar-refractivity contribution in [3.8, 4) is 5.88 Å². The van der Waals surface area contributed by atoms with Gasteiger partial charge in [0.15, 0.2) is 11.6 Å². The van der Waals surface area contributed by atoms with Gasteiger partial charge in [0.05, 0.1) is 13.2 Å². The number of hydrogen-bond donors (Lipinski definition) is 4. The summed E-state index contributed by atoms with van der Waals surface area (Å²) in [4.78, 5) is 25.1. The molecule has 3 rings (SSSR count). The number of carbonyl (C=O) groups excluding carboxylic acids is 1. The number of carboxylic acid groups (broad SMARTS) is 1.